The van der Waals surface area contributed by atoms with Gasteiger partial charge in [0.2, 0.25) is 5.91 Å². The molecule has 114 valence electrons. The predicted molar refractivity (Wildman–Crippen MR) is 83.0 cm³/mol. The first kappa shape index (κ1) is 14.9. The van der Waals surface area contributed by atoms with Gasteiger partial charge >= 0.3 is 0 Å². The Bertz CT molecular complexity index is 508. The Morgan fingerprint density at radius 1 is 1.29 bits per heavy atom. The van der Waals surface area contributed by atoms with Gasteiger partial charge in [0.05, 0.1) is 6.10 Å². The summed E-state index contributed by atoms with van der Waals surface area (Å²) in [5, 5.41) is 11.2. The SMILES string of the molecule is CC1CC1C(=O)N1CCC(C(O)c2ccc(Cl)cc2)CC1. The van der Waals surface area contributed by atoms with Crippen molar-refractivity contribution >= 4 is 17.5 Å². The van der Waals surface area contributed by atoms with Gasteiger partial charge in [0.1, 0.15) is 0 Å². The standard InChI is InChI=1S/C17H22ClNO2/c1-11-10-15(11)17(21)19-8-6-13(7-9-19)16(20)12-2-4-14(18)5-3-12/h2-5,11,13,15-16,20H,6-10H2,1H3. The van der Waals surface area contributed by atoms with Crippen LogP contribution in [0.1, 0.15) is 37.9 Å². The van der Waals surface area contributed by atoms with Crippen LogP contribution in [0.15, 0.2) is 24.3 Å². The highest BCUT2D eigenvalue weighted by Gasteiger charge is 2.42. The quantitative estimate of drug-likeness (QED) is 0.931. The fourth-order valence-corrected chi connectivity index (χ4v) is 3.39. The molecule has 1 aromatic carbocycles. The summed E-state index contributed by atoms with van der Waals surface area (Å²) in [6, 6.07) is 7.40. The van der Waals surface area contributed by atoms with Crippen molar-refractivity contribution in [1.29, 1.82) is 0 Å². The Morgan fingerprint density at radius 2 is 1.86 bits per heavy atom. The molecule has 1 saturated heterocycles. The molecule has 0 aromatic heterocycles. The molecule has 0 radical (unpaired) electrons. The van der Waals surface area contributed by atoms with E-state index in [1.54, 1.807) is 0 Å². The van der Waals surface area contributed by atoms with Crippen molar-refractivity contribution in [1.82, 2.24) is 4.90 Å². The van der Waals surface area contributed by atoms with Gasteiger partial charge < -0.3 is 10.0 Å². The highest BCUT2D eigenvalue weighted by molar-refractivity contribution is 6.30. The van der Waals surface area contributed by atoms with Crippen molar-refractivity contribution in [3.8, 4) is 0 Å². The molecule has 2 aliphatic rings. The van der Waals surface area contributed by atoms with Crippen LogP contribution < -0.4 is 0 Å². The third kappa shape index (κ3) is 3.24. The molecule has 0 spiro atoms. The minimum absolute atomic E-state index is 0.229. The van der Waals surface area contributed by atoms with Crippen LogP contribution in [0, 0.1) is 17.8 Å². The topological polar surface area (TPSA) is 40.5 Å². The summed E-state index contributed by atoms with van der Waals surface area (Å²) in [4.78, 5) is 14.2. The zero-order chi connectivity index (χ0) is 15.0. The number of halogens is 1. The fraction of sp³-hybridized carbons (Fsp3) is 0.588. The van der Waals surface area contributed by atoms with Crippen LogP contribution in [-0.4, -0.2) is 29.0 Å². The van der Waals surface area contributed by atoms with Crippen LogP contribution in [0.3, 0.4) is 0 Å². The van der Waals surface area contributed by atoms with Crippen molar-refractivity contribution in [2.45, 2.75) is 32.3 Å². The lowest BCUT2D eigenvalue weighted by atomic mass is 9.87. The van der Waals surface area contributed by atoms with Gasteiger partial charge in [-0.25, -0.2) is 0 Å². The number of piperidine rings is 1. The monoisotopic (exact) mass is 307 g/mol. The van der Waals surface area contributed by atoms with E-state index in [-0.39, 0.29) is 11.8 Å². The van der Waals surface area contributed by atoms with Crippen molar-refractivity contribution in [3.63, 3.8) is 0 Å². The molecule has 3 unspecified atom stereocenters. The average molecular weight is 308 g/mol. The van der Waals surface area contributed by atoms with E-state index in [4.69, 9.17) is 11.6 Å². The van der Waals surface area contributed by atoms with Crippen molar-refractivity contribution < 1.29 is 9.90 Å². The molecule has 1 aliphatic heterocycles. The van der Waals surface area contributed by atoms with Gasteiger partial charge in [0.15, 0.2) is 0 Å². The van der Waals surface area contributed by atoms with E-state index in [9.17, 15) is 9.90 Å². The third-order valence-electron chi connectivity index (χ3n) is 4.94. The highest BCUT2D eigenvalue weighted by Crippen LogP contribution is 2.40. The molecular formula is C17H22ClNO2. The fourth-order valence-electron chi connectivity index (χ4n) is 3.27. The summed E-state index contributed by atoms with van der Waals surface area (Å²) in [5.41, 5.74) is 0.917. The first-order chi connectivity index (χ1) is 10.1. The number of aliphatic hydroxyl groups excluding tert-OH is 1. The lowest BCUT2D eigenvalue weighted by molar-refractivity contribution is -0.134. The van der Waals surface area contributed by atoms with E-state index in [0.29, 0.717) is 16.8 Å². The molecule has 3 nitrogen and oxygen atoms in total. The number of likely N-dealkylation sites (tertiary alicyclic amines) is 1. The predicted octanol–water partition coefficient (Wildman–Crippen LogP) is 3.27. The van der Waals surface area contributed by atoms with Crippen molar-refractivity contribution in [2.24, 2.45) is 17.8 Å². The first-order valence-electron chi connectivity index (χ1n) is 7.78. The Hall–Kier alpha value is -1.06. The van der Waals surface area contributed by atoms with Gasteiger partial charge in [-0.05, 0) is 48.8 Å². The number of hydrogen-bond donors (Lipinski definition) is 1. The summed E-state index contributed by atoms with van der Waals surface area (Å²) in [7, 11) is 0. The first-order valence-corrected chi connectivity index (χ1v) is 8.16. The molecule has 0 bridgehead atoms. The van der Waals surface area contributed by atoms with Crippen molar-refractivity contribution in [2.75, 3.05) is 13.1 Å². The van der Waals surface area contributed by atoms with E-state index in [1.807, 2.05) is 29.2 Å². The second kappa shape index (κ2) is 5.98. The maximum Gasteiger partial charge on any atom is 0.225 e. The second-order valence-electron chi connectivity index (χ2n) is 6.48. The molecule has 1 aromatic rings. The van der Waals surface area contributed by atoms with Gasteiger partial charge in [-0.15, -0.1) is 0 Å². The van der Waals surface area contributed by atoms with Gasteiger partial charge in [-0.2, -0.15) is 0 Å². The third-order valence-corrected chi connectivity index (χ3v) is 5.19. The maximum atomic E-state index is 12.2. The molecule has 1 heterocycles. The number of carbonyl (C=O) groups excluding carboxylic acids is 1. The van der Waals surface area contributed by atoms with E-state index < -0.39 is 6.10 Å². The summed E-state index contributed by atoms with van der Waals surface area (Å²) in [6.45, 7) is 3.69. The molecule has 2 fully saturated rings. The summed E-state index contributed by atoms with van der Waals surface area (Å²) < 4.78 is 0. The Morgan fingerprint density at radius 3 is 2.38 bits per heavy atom. The second-order valence-corrected chi connectivity index (χ2v) is 6.92. The lowest BCUT2D eigenvalue weighted by Crippen LogP contribution is -2.40. The molecule has 1 aliphatic carbocycles. The van der Waals surface area contributed by atoms with Crippen LogP contribution in [0.5, 0.6) is 0 Å². The molecule has 3 atom stereocenters. The number of amides is 1. The summed E-state index contributed by atoms with van der Waals surface area (Å²) >= 11 is 5.88. The number of carbonyl (C=O) groups is 1. The minimum Gasteiger partial charge on any atom is -0.388 e. The zero-order valence-corrected chi connectivity index (χ0v) is 13.1. The van der Waals surface area contributed by atoms with Gasteiger partial charge in [0.25, 0.3) is 0 Å². The largest absolute Gasteiger partial charge is 0.388 e. The average Bonchev–Trinajstić information content (AvgIpc) is 3.24. The number of aliphatic hydroxyl groups is 1. The molecular weight excluding hydrogens is 286 g/mol. The molecule has 4 heteroatoms. The smallest absolute Gasteiger partial charge is 0.225 e. The number of benzene rings is 1. The Balaban J connectivity index is 1.55. The Kier molecular flexibility index (Phi) is 4.23. The van der Waals surface area contributed by atoms with E-state index in [0.717, 1.165) is 37.9 Å². The molecule has 1 amide bonds. The van der Waals surface area contributed by atoms with Gasteiger partial charge in [0, 0.05) is 24.0 Å². The molecule has 3 rings (SSSR count). The summed E-state index contributed by atoms with van der Waals surface area (Å²) in [5.74, 6) is 1.38. The van der Waals surface area contributed by atoms with Gasteiger partial charge in [-0.3, -0.25) is 4.79 Å². The minimum atomic E-state index is -0.459. The maximum absolute atomic E-state index is 12.2. The number of hydrogen-bond acceptors (Lipinski definition) is 2. The van der Waals surface area contributed by atoms with Crippen LogP contribution in [0.4, 0.5) is 0 Å². The number of nitrogens with zero attached hydrogens (tertiary/aromatic N) is 1. The van der Waals surface area contributed by atoms with Crippen LogP contribution in [0.2, 0.25) is 5.02 Å². The van der Waals surface area contributed by atoms with E-state index in [2.05, 4.69) is 6.92 Å². The lowest BCUT2D eigenvalue weighted by Gasteiger charge is -2.34. The number of rotatable bonds is 3. The Labute approximate surface area is 130 Å². The molecule has 1 N–H and O–H groups in total. The van der Waals surface area contributed by atoms with Crippen LogP contribution >= 0.6 is 11.6 Å². The van der Waals surface area contributed by atoms with Gasteiger partial charge in [-0.1, -0.05) is 30.7 Å². The molecule has 1 saturated carbocycles. The van der Waals surface area contributed by atoms with E-state index in [1.165, 1.54) is 0 Å². The highest BCUT2D eigenvalue weighted by atomic mass is 35.5. The normalized spacial score (nSPS) is 27.5. The summed E-state index contributed by atoms with van der Waals surface area (Å²) in [6.07, 6.45) is 2.33. The zero-order valence-electron chi connectivity index (χ0n) is 12.3. The molecule has 21 heavy (non-hydrogen) atoms. The van der Waals surface area contributed by atoms with Crippen LogP contribution in [0.25, 0.3) is 0 Å². The van der Waals surface area contributed by atoms with Crippen molar-refractivity contribution in [3.05, 3.63) is 34.9 Å². The van der Waals surface area contributed by atoms with E-state index >= 15 is 0 Å². The van der Waals surface area contributed by atoms with Crippen LogP contribution in [-0.2, 0) is 4.79 Å².